The molecule has 16 heavy (non-hydrogen) atoms. The van der Waals surface area contributed by atoms with Crippen molar-refractivity contribution in [3.05, 3.63) is 22.3 Å². The van der Waals surface area contributed by atoms with Crippen molar-refractivity contribution in [2.45, 2.75) is 25.8 Å². The van der Waals surface area contributed by atoms with Gasteiger partial charge in [-0.05, 0) is 47.8 Å². The number of hydrogen-bond acceptors (Lipinski definition) is 3. The number of pyridine rings is 1. The Balaban J connectivity index is 1.83. The van der Waals surface area contributed by atoms with Crippen LogP contribution in [0.3, 0.4) is 0 Å². The van der Waals surface area contributed by atoms with E-state index in [1.807, 2.05) is 19.1 Å². The molecular formula is C11H14BrN3O. The normalized spacial score (nSPS) is 14.6. The van der Waals surface area contributed by atoms with Crippen LogP contribution in [0.1, 0.15) is 18.5 Å². The smallest absolute Gasteiger partial charge is 0.239 e. The number of rotatable bonds is 4. The van der Waals surface area contributed by atoms with Crippen LogP contribution in [0, 0.1) is 6.92 Å². The van der Waals surface area contributed by atoms with Gasteiger partial charge in [0, 0.05) is 10.5 Å². The van der Waals surface area contributed by atoms with Crippen LogP contribution < -0.4 is 10.6 Å². The molecule has 1 amide bonds. The summed E-state index contributed by atoms with van der Waals surface area (Å²) in [6.07, 6.45) is 2.22. The molecule has 0 aromatic carbocycles. The summed E-state index contributed by atoms with van der Waals surface area (Å²) in [5, 5.41) is 5.91. The maximum atomic E-state index is 11.4. The molecule has 0 saturated heterocycles. The highest BCUT2D eigenvalue weighted by atomic mass is 79.9. The van der Waals surface area contributed by atoms with Crippen molar-refractivity contribution in [1.29, 1.82) is 0 Å². The number of aryl methyl sites for hydroxylation is 1. The van der Waals surface area contributed by atoms with Crippen molar-refractivity contribution in [3.63, 3.8) is 0 Å². The van der Waals surface area contributed by atoms with Crippen LogP contribution in [0.25, 0.3) is 0 Å². The molecule has 2 rings (SSSR count). The van der Waals surface area contributed by atoms with Crippen molar-refractivity contribution in [1.82, 2.24) is 10.3 Å². The third kappa shape index (κ3) is 3.20. The van der Waals surface area contributed by atoms with Crippen molar-refractivity contribution < 1.29 is 4.79 Å². The number of halogens is 1. The summed E-state index contributed by atoms with van der Waals surface area (Å²) in [6, 6.07) is 4.18. The van der Waals surface area contributed by atoms with Crippen molar-refractivity contribution in [2.75, 3.05) is 11.9 Å². The standard InChI is InChI=1S/C11H14BrN3O/c1-7-9(12)4-5-10(14-7)13-6-11(16)15-8-2-3-8/h4-5,8H,2-3,6H2,1H3,(H,13,14)(H,15,16). The maximum Gasteiger partial charge on any atom is 0.239 e. The molecule has 0 radical (unpaired) electrons. The summed E-state index contributed by atoms with van der Waals surface area (Å²) in [4.78, 5) is 15.7. The van der Waals surface area contributed by atoms with Crippen LogP contribution >= 0.6 is 15.9 Å². The van der Waals surface area contributed by atoms with E-state index in [-0.39, 0.29) is 12.5 Å². The first kappa shape index (κ1) is 11.4. The quantitative estimate of drug-likeness (QED) is 0.887. The van der Waals surface area contributed by atoms with E-state index in [1.165, 1.54) is 0 Å². The Labute approximate surface area is 103 Å². The number of aromatic nitrogens is 1. The summed E-state index contributed by atoms with van der Waals surface area (Å²) in [6.45, 7) is 2.20. The Morgan fingerprint density at radius 2 is 2.31 bits per heavy atom. The lowest BCUT2D eigenvalue weighted by atomic mass is 10.3. The van der Waals surface area contributed by atoms with Gasteiger partial charge in [0.2, 0.25) is 5.91 Å². The molecule has 5 heteroatoms. The second kappa shape index (κ2) is 4.82. The average Bonchev–Trinajstić information content (AvgIpc) is 3.04. The summed E-state index contributed by atoms with van der Waals surface area (Å²) in [7, 11) is 0. The van der Waals surface area contributed by atoms with Gasteiger partial charge in [0.1, 0.15) is 5.82 Å². The Morgan fingerprint density at radius 3 is 2.94 bits per heavy atom. The Bertz CT molecular complexity index is 404. The number of nitrogens with zero attached hydrogens (tertiary/aromatic N) is 1. The molecule has 0 atom stereocenters. The van der Waals surface area contributed by atoms with E-state index >= 15 is 0 Å². The predicted octanol–water partition coefficient (Wildman–Crippen LogP) is 1.84. The van der Waals surface area contributed by atoms with E-state index in [4.69, 9.17) is 0 Å². The molecule has 1 saturated carbocycles. The number of hydrogen-bond donors (Lipinski definition) is 2. The lowest BCUT2D eigenvalue weighted by molar-refractivity contribution is -0.119. The Hall–Kier alpha value is -1.10. The zero-order valence-electron chi connectivity index (χ0n) is 9.09. The van der Waals surface area contributed by atoms with E-state index in [0.717, 1.165) is 28.8 Å². The van der Waals surface area contributed by atoms with Crippen LogP contribution in [0.2, 0.25) is 0 Å². The van der Waals surface area contributed by atoms with Gasteiger partial charge in [-0.15, -0.1) is 0 Å². The highest BCUT2D eigenvalue weighted by Gasteiger charge is 2.22. The minimum absolute atomic E-state index is 0.0323. The van der Waals surface area contributed by atoms with Crippen LogP contribution in [0.5, 0.6) is 0 Å². The molecule has 1 fully saturated rings. The number of nitrogens with one attached hydrogen (secondary N) is 2. The SMILES string of the molecule is Cc1nc(NCC(=O)NC2CC2)ccc1Br. The van der Waals surface area contributed by atoms with Gasteiger partial charge in [0.05, 0.1) is 12.2 Å². The van der Waals surface area contributed by atoms with Crippen molar-refractivity contribution in [3.8, 4) is 0 Å². The summed E-state index contributed by atoms with van der Waals surface area (Å²) < 4.78 is 0.973. The van der Waals surface area contributed by atoms with Gasteiger partial charge in [-0.2, -0.15) is 0 Å². The second-order valence-corrected chi connectivity index (χ2v) is 4.81. The minimum Gasteiger partial charge on any atom is -0.361 e. The average molecular weight is 284 g/mol. The zero-order chi connectivity index (χ0) is 11.5. The monoisotopic (exact) mass is 283 g/mol. The fraction of sp³-hybridized carbons (Fsp3) is 0.455. The highest BCUT2D eigenvalue weighted by Crippen LogP contribution is 2.18. The predicted molar refractivity (Wildman–Crippen MR) is 66.3 cm³/mol. The minimum atomic E-state index is 0.0323. The van der Waals surface area contributed by atoms with E-state index in [0.29, 0.717) is 6.04 Å². The van der Waals surface area contributed by atoms with Gasteiger partial charge >= 0.3 is 0 Å². The molecule has 2 N–H and O–H groups in total. The molecule has 0 unspecified atom stereocenters. The zero-order valence-corrected chi connectivity index (χ0v) is 10.7. The first-order valence-electron chi connectivity index (χ1n) is 5.31. The topological polar surface area (TPSA) is 54.0 Å². The van der Waals surface area contributed by atoms with Crippen molar-refractivity contribution >= 4 is 27.7 Å². The number of anilines is 1. The van der Waals surface area contributed by atoms with Gasteiger partial charge in [-0.1, -0.05) is 0 Å². The number of amides is 1. The van der Waals surface area contributed by atoms with Gasteiger partial charge in [-0.25, -0.2) is 4.98 Å². The van der Waals surface area contributed by atoms with Gasteiger partial charge in [0.15, 0.2) is 0 Å². The Morgan fingerprint density at radius 1 is 1.56 bits per heavy atom. The van der Waals surface area contributed by atoms with Gasteiger partial charge in [-0.3, -0.25) is 4.79 Å². The largest absolute Gasteiger partial charge is 0.361 e. The van der Waals surface area contributed by atoms with Gasteiger partial charge < -0.3 is 10.6 Å². The molecule has 0 bridgehead atoms. The molecule has 1 aliphatic carbocycles. The number of carbonyl (C=O) groups is 1. The molecule has 0 spiro atoms. The summed E-state index contributed by atoms with van der Waals surface area (Å²) in [5.41, 5.74) is 0.910. The lowest BCUT2D eigenvalue weighted by Crippen LogP contribution is -2.31. The van der Waals surface area contributed by atoms with Crippen LogP contribution in [-0.4, -0.2) is 23.5 Å². The molecule has 1 aliphatic rings. The van der Waals surface area contributed by atoms with E-state index < -0.39 is 0 Å². The Kier molecular flexibility index (Phi) is 3.43. The summed E-state index contributed by atoms with van der Waals surface area (Å²) >= 11 is 3.38. The van der Waals surface area contributed by atoms with E-state index in [2.05, 4.69) is 31.5 Å². The lowest BCUT2D eigenvalue weighted by Gasteiger charge is -2.07. The van der Waals surface area contributed by atoms with Crippen molar-refractivity contribution in [2.24, 2.45) is 0 Å². The summed E-state index contributed by atoms with van der Waals surface area (Å²) in [5.74, 6) is 0.761. The molecule has 0 aliphatic heterocycles. The fourth-order valence-electron chi connectivity index (χ4n) is 1.32. The third-order valence-electron chi connectivity index (χ3n) is 2.39. The highest BCUT2D eigenvalue weighted by molar-refractivity contribution is 9.10. The maximum absolute atomic E-state index is 11.4. The van der Waals surface area contributed by atoms with Crippen LogP contribution in [-0.2, 0) is 4.79 Å². The van der Waals surface area contributed by atoms with E-state index in [1.54, 1.807) is 0 Å². The molecular weight excluding hydrogens is 270 g/mol. The molecule has 4 nitrogen and oxygen atoms in total. The second-order valence-electron chi connectivity index (χ2n) is 3.96. The number of carbonyl (C=O) groups excluding carboxylic acids is 1. The first-order chi connectivity index (χ1) is 7.65. The third-order valence-corrected chi connectivity index (χ3v) is 3.23. The fourth-order valence-corrected chi connectivity index (χ4v) is 1.54. The van der Waals surface area contributed by atoms with Crippen LogP contribution in [0.15, 0.2) is 16.6 Å². The molecule has 1 heterocycles. The first-order valence-corrected chi connectivity index (χ1v) is 6.11. The van der Waals surface area contributed by atoms with E-state index in [9.17, 15) is 4.79 Å². The van der Waals surface area contributed by atoms with Gasteiger partial charge in [0.25, 0.3) is 0 Å². The molecule has 1 aromatic rings. The molecule has 86 valence electrons. The molecule has 1 aromatic heterocycles. The van der Waals surface area contributed by atoms with Crippen LogP contribution in [0.4, 0.5) is 5.82 Å².